The summed E-state index contributed by atoms with van der Waals surface area (Å²) in [6, 6.07) is 2.80. The topological polar surface area (TPSA) is 35.9 Å². The number of guanidine groups is 1. The minimum atomic E-state index is -0.700. The third-order valence-corrected chi connectivity index (χ3v) is 4.07. The van der Waals surface area contributed by atoms with Crippen LogP contribution in [0.2, 0.25) is 0 Å². The lowest BCUT2D eigenvalue weighted by atomic mass is 10.2. The van der Waals surface area contributed by atoms with Gasteiger partial charge in [-0.3, -0.25) is 9.69 Å². The molecule has 4 nitrogen and oxygen atoms in total. The second-order valence-corrected chi connectivity index (χ2v) is 5.47. The largest absolute Gasteiger partial charge is 0.284 e. The van der Waals surface area contributed by atoms with Gasteiger partial charge < -0.3 is 0 Å². The van der Waals surface area contributed by atoms with Crippen LogP contribution in [0.25, 0.3) is 0 Å². The fourth-order valence-corrected chi connectivity index (χ4v) is 2.48. The van der Waals surface area contributed by atoms with Gasteiger partial charge in [0, 0.05) is 17.2 Å². The van der Waals surface area contributed by atoms with Gasteiger partial charge in [0.1, 0.15) is 5.82 Å². The minimum Gasteiger partial charge on any atom is -0.284 e. The summed E-state index contributed by atoms with van der Waals surface area (Å²) in [7, 11) is 0. The van der Waals surface area contributed by atoms with Crippen molar-refractivity contribution in [3.63, 3.8) is 0 Å². The van der Waals surface area contributed by atoms with Gasteiger partial charge in [-0.05, 0) is 30.7 Å². The highest BCUT2D eigenvalue weighted by atomic mass is 79.9. The predicted octanol–water partition coefficient (Wildman–Crippen LogP) is 3.24. The molecule has 3 rings (SSSR count). The average Bonchev–Trinajstić information content (AvgIpc) is 2.44. The zero-order valence-electron chi connectivity index (χ0n) is 11.0. The van der Waals surface area contributed by atoms with Gasteiger partial charge in [-0.1, -0.05) is 15.9 Å². The van der Waals surface area contributed by atoms with E-state index in [0.717, 1.165) is 16.5 Å². The summed E-state index contributed by atoms with van der Waals surface area (Å²) in [5, 5.41) is 0. The van der Waals surface area contributed by atoms with Crippen molar-refractivity contribution >= 4 is 33.5 Å². The number of benzene rings is 1. The van der Waals surface area contributed by atoms with Crippen LogP contribution in [0, 0.1) is 12.7 Å². The number of rotatable bonds is 1. The highest BCUT2D eigenvalue weighted by Gasteiger charge is 2.34. The Morgan fingerprint density at radius 3 is 2.86 bits per heavy atom. The monoisotopic (exact) mass is 353 g/mol. The van der Waals surface area contributed by atoms with E-state index in [2.05, 4.69) is 20.9 Å². The van der Waals surface area contributed by atoms with Crippen LogP contribution < -0.4 is 4.90 Å². The molecule has 0 N–H and O–H groups in total. The molecule has 7 heteroatoms. The van der Waals surface area contributed by atoms with E-state index in [-0.39, 0.29) is 18.2 Å². The van der Waals surface area contributed by atoms with E-state index in [4.69, 9.17) is 0 Å². The highest BCUT2D eigenvalue weighted by Crippen LogP contribution is 2.31. The molecule has 1 aromatic rings. The minimum absolute atomic E-state index is 0.0449. The lowest BCUT2D eigenvalue weighted by molar-refractivity contribution is -0.113. The molecule has 2 aliphatic rings. The number of nitrogens with zero attached hydrogens (tertiary/aromatic N) is 3. The quantitative estimate of drug-likeness (QED) is 0.726. The first-order chi connectivity index (χ1) is 9.99. The lowest BCUT2D eigenvalue weighted by Gasteiger charge is -2.35. The molecule has 0 spiro atoms. The SMILES string of the molecule is Cc1cc(N2C(=O)C=C(F)N3CC=CN=C32)c(F)cc1Br. The zero-order chi connectivity index (χ0) is 15.1. The molecule has 2 aliphatic heterocycles. The van der Waals surface area contributed by atoms with Crippen molar-refractivity contribution in [2.45, 2.75) is 6.92 Å². The first kappa shape index (κ1) is 13.9. The summed E-state index contributed by atoms with van der Waals surface area (Å²) in [5.74, 6) is -1.90. The van der Waals surface area contributed by atoms with Gasteiger partial charge in [0.25, 0.3) is 5.91 Å². The summed E-state index contributed by atoms with van der Waals surface area (Å²) in [6.45, 7) is 2.01. The normalized spacial score (nSPS) is 17.6. The van der Waals surface area contributed by atoms with Crippen molar-refractivity contribution in [2.24, 2.45) is 4.99 Å². The van der Waals surface area contributed by atoms with E-state index in [0.29, 0.717) is 4.47 Å². The van der Waals surface area contributed by atoms with E-state index >= 15 is 0 Å². The van der Waals surface area contributed by atoms with Crippen LogP contribution in [0.15, 0.2) is 45.9 Å². The molecule has 0 fully saturated rings. The molecular formula is C14H10BrF2N3O. The number of halogens is 3. The fraction of sp³-hybridized carbons (Fsp3) is 0.143. The number of aliphatic imine (C=N–C) groups is 1. The van der Waals surface area contributed by atoms with Gasteiger partial charge in [0.05, 0.1) is 11.8 Å². The van der Waals surface area contributed by atoms with Crippen molar-refractivity contribution in [3.05, 3.63) is 52.3 Å². The summed E-state index contributed by atoms with van der Waals surface area (Å²) < 4.78 is 28.6. The number of hydrogen-bond acceptors (Lipinski definition) is 3. The molecule has 2 heterocycles. The highest BCUT2D eigenvalue weighted by molar-refractivity contribution is 9.10. The molecule has 0 unspecified atom stereocenters. The third kappa shape index (κ3) is 2.27. The van der Waals surface area contributed by atoms with Crippen LogP contribution in [-0.4, -0.2) is 23.3 Å². The molecule has 0 bridgehead atoms. The molecule has 0 aliphatic carbocycles. The predicted molar refractivity (Wildman–Crippen MR) is 78.8 cm³/mol. The van der Waals surface area contributed by atoms with Gasteiger partial charge >= 0.3 is 0 Å². The Labute approximate surface area is 128 Å². The van der Waals surface area contributed by atoms with E-state index in [1.165, 1.54) is 23.2 Å². The molecule has 0 aromatic heterocycles. The van der Waals surface area contributed by atoms with Crippen LogP contribution in [-0.2, 0) is 4.79 Å². The van der Waals surface area contributed by atoms with Crippen molar-refractivity contribution < 1.29 is 13.6 Å². The Balaban J connectivity index is 2.17. The van der Waals surface area contributed by atoms with E-state index in [1.807, 2.05) is 0 Å². The maximum atomic E-state index is 14.2. The maximum absolute atomic E-state index is 14.2. The fourth-order valence-electron chi connectivity index (χ4n) is 2.17. The molecule has 0 saturated heterocycles. The van der Waals surface area contributed by atoms with Crippen LogP contribution in [0.1, 0.15) is 5.56 Å². The van der Waals surface area contributed by atoms with E-state index < -0.39 is 17.7 Å². The first-order valence-electron chi connectivity index (χ1n) is 6.16. The second kappa shape index (κ2) is 5.07. The number of aryl methyl sites for hydroxylation is 1. The van der Waals surface area contributed by atoms with Gasteiger partial charge in [0.15, 0.2) is 0 Å². The molecule has 108 valence electrons. The zero-order valence-corrected chi connectivity index (χ0v) is 12.6. The molecule has 0 atom stereocenters. The van der Waals surface area contributed by atoms with E-state index in [1.54, 1.807) is 13.0 Å². The Bertz CT molecular complexity index is 727. The Hall–Kier alpha value is -2.02. The third-order valence-electron chi connectivity index (χ3n) is 3.21. The Morgan fingerprint density at radius 2 is 2.10 bits per heavy atom. The number of fused-ring (bicyclic) bond motifs is 1. The number of anilines is 1. The maximum Gasteiger partial charge on any atom is 0.262 e. The average molecular weight is 354 g/mol. The van der Waals surface area contributed by atoms with Crippen molar-refractivity contribution in [1.29, 1.82) is 0 Å². The van der Waals surface area contributed by atoms with Gasteiger partial charge in [0.2, 0.25) is 11.9 Å². The van der Waals surface area contributed by atoms with Gasteiger partial charge in [-0.15, -0.1) is 0 Å². The van der Waals surface area contributed by atoms with Crippen molar-refractivity contribution in [3.8, 4) is 0 Å². The molecule has 0 saturated carbocycles. The number of carbonyl (C=O) groups excluding carboxylic acids is 1. The second-order valence-electron chi connectivity index (χ2n) is 4.62. The summed E-state index contributed by atoms with van der Waals surface area (Å²) in [5.41, 5.74) is 0.802. The van der Waals surface area contributed by atoms with Crippen LogP contribution in [0.5, 0.6) is 0 Å². The summed E-state index contributed by atoms with van der Waals surface area (Å²) in [6.07, 6.45) is 3.94. The molecule has 21 heavy (non-hydrogen) atoms. The van der Waals surface area contributed by atoms with Crippen LogP contribution in [0.3, 0.4) is 0 Å². The van der Waals surface area contributed by atoms with Crippen molar-refractivity contribution in [1.82, 2.24) is 4.90 Å². The number of amides is 1. The lowest BCUT2D eigenvalue weighted by Crippen LogP contribution is -2.51. The smallest absolute Gasteiger partial charge is 0.262 e. The summed E-state index contributed by atoms with van der Waals surface area (Å²) in [4.78, 5) is 18.4. The van der Waals surface area contributed by atoms with Gasteiger partial charge in [-0.2, -0.15) is 4.39 Å². The number of carbonyl (C=O) groups is 1. The molecule has 1 aromatic carbocycles. The molecule has 1 amide bonds. The first-order valence-corrected chi connectivity index (χ1v) is 6.95. The summed E-state index contributed by atoms with van der Waals surface area (Å²) >= 11 is 3.23. The van der Waals surface area contributed by atoms with E-state index in [9.17, 15) is 13.6 Å². The van der Waals surface area contributed by atoms with Crippen LogP contribution >= 0.6 is 15.9 Å². The van der Waals surface area contributed by atoms with Gasteiger partial charge in [-0.25, -0.2) is 14.3 Å². The molecular weight excluding hydrogens is 344 g/mol. The molecule has 0 radical (unpaired) electrons. The Kier molecular flexibility index (Phi) is 3.36. The van der Waals surface area contributed by atoms with Crippen LogP contribution in [0.4, 0.5) is 14.5 Å². The standard InChI is InChI=1S/C14H10BrF2N3O/c1-8-5-11(10(16)6-9(8)15)20-13(21)7-12(17)19-4-2-3-18-14(19)20/h2-3,5-7H,4H2,1H3. The Morgan fingerprint density at radius 1 is 1.33 bits per heavy atom. The number of hydrogen-bond donors (Lipinski definition) is 0. The van der Waals surface area contributed by atoms with Crippen molar-refractivity contribution in [2.75, 3.05) is 11.4 Å².